The summed E-state index contributed by atoms with van der Waals surface area (Å²) in [5.74, 6) is 1.47. The van der Waals surface area contributed by atoms with Crippen LogP contribution in [-0.2, 0) is 4.79 Å². The second-order valence-corrected chi connectivity index (χ2v) is 6.92. The number of rotatable bonds is 4. The Hall–Kier alpha value is -2.83. The number of nitrogens with zero attached hydrogens (tertiary/aromatic N) is 4. The molecule has 0 saturated carbocycles. The number of piperidine rings is 1. The van der Waals surface area contributed by atoms with Crippen LogP contribution in [0.5, 0.6) is 5.75 Å². The Balaban J connectivity index is 1.82. The van der Waals surface area contributed by atoms with Crippen molar-refractivity contribution in [2.45, 2.75) is 39.2 Å². The van der Waals surface area contributed by atoms with Crippen LogP contribution in [0.4, 0.5) is 5.95 Å². The molecule has 3 heterocycles. The third-order valence-corrected chi connectivity index (χ3v) is 5.18. The van der Waals surface area contributed by atoms with Gasteiger partial charge < -0.3 is 15.0 Å². The van der Waals surface area contributed by atoms with Crippen molar-refractivity contribution in [1.29, 1.82) is 0 Å². The first-order chi connectivity index (χ1) is 13.2. The number of hydrogen-bond donors (Lipinski definition) is 1. The van der Waals surface area contributed by atoms with Gasteiger partial charge in [-0.2, -0.15) is 10.1 Å². The lowest BCUT2D eigenvalue weighted by molar-refractivity contribution is -0.128. The maximum absolute atomic E-state index is 13.5. The Morgan fingerprint density at radius 2 is 2.04 bits per heavy atom. The van der Waals surface area contributed by atoms with Gasteiger partial charge in [0.05, 0.1) is 12.2 Å². The zero-order valence-electron chi connectivity index (χ0n) is 15.8. The second-order valence-electron chi connectivity index (χ2n) is 6.92. The van der Waals surface area contributed by atoms with Crippen molar-refractivity contribution in [3.8, 4) is 5.75 Å². The van der Waals surface area contributed by atoms with Crippen LogP contribution in [0.25, 0.3) is 0 Å². The van der Waals surface area contributed by atoms with Crippen molar-refractivity contribution < 1.29 is 9.53 Å². The highest BCUT2D eigenvalue weighted by molar-refractivity contribution is 5.97. The van der Waals surface area contributed by atoms with Crippen LogP contribution in [0, 0.1) is 0 Å². The fourth-order valence-corrected chi connectivity index (χ4v) is 3.92. The molecule has 0 radical (unpaired) electrons. The van der Waals surface area contributed by atoms with E-state index < -0.39 is 0 Å². The van der Waals surface area contributed by atoms with E-state index in [1.807, 2.05) is 43.0 Å². The fraction of sp³-hybridized carbons (Fsp3) is 0.450. The highest BCUT2D eigenvalue weighted by Gasteiger charge is 2.37. The lowest BCUT2D eigenvalue weighted by atomic mass is 9.93. The molecule has 27 heavy (non-hydrogen) atoms. The number of ether oxygens (including phenoxy) is 1. The minimum absolute atomic E-state index is 0.0668. The molecule has 2 aliphatic heterocycles. The molecule has 1 saturated heterocycles. The third kappa shape index (κ3) is 3.18. The van der Waals surface area contributed by atoms with E-state index in [0.717, 1.165) is 42.9 Å². The van der Waals surface area contributed by atoms with Gasteiger partial charge in [0, 0.05) is 24.4 Å². The van der Waals surface area contributed by atoms with Crippen molar-refractivity contribution in [3.63, 3.8) is 0 Å². The van der Waals surface area contributed by atoms with E-state index >= 15 is 0 Å². The van der Waals surface area contributed by atoms with E-state index in [1.54, 1.807) is 4.68 Å². The molecule has 2 aromatic rings. The highest BCUT2D eigenvalue weighted by atomic mass is 16.5. The van der Waals surface area contributed by atoms with Crippen LogP contribution >= 0.6 is 0 Å². The quantitative estimate of drug-likeness (QED) is 0.899. The summed E-state index contributed by atoms with van der Waals surface area (Å²) in [6, 6.07) is 7.50. The van der Waals surface area contributed by atoms with Crippen LogP contribution in [0.15, 0.2) is 41.9 Å². The Bertz CT molecular complexity index is 867. The van der Waals surface area contributed by atoms with E-state index in [1.165, 1.54) is 12.7 Å². The molecule has 4 rings (SSSR count). The zero-order chi connectivity index (χ0) is 18.8. The maximum Gasteiger partial charge on any atom is 0.254 e. The number of fused-ring (bicyclic) bond motifs is 1. The molecule has 0 bridgehead atoms. The molecular formula is C20H25N5O2. The SMILES string of the molecule is CCOc1ccccc1[C@H]1C(C(=O)N2CCCCC2)=C(C)Nc2ncnn21. The first-order valence-corrected chi connectivity index (χ1v) is 9.59. The number of para-hydroxylation sites is 1. The largest absolute Gasteiger partial charge is 0.494 e. The number of anilines is 1. The van der Waals surface area contributed by atoms with Crippen LogP contribution in [0.3, 0.4) is 0 Å². The van der Waals surface area contributed by atoms with E-state index in [0.29, 0.717) is 18.1 Å². The zero-order valence-corrected chi connectivity index (χ0v) is 15.8. The van der Waals surface area contributed by atoms with Crippen LogP contribution in [0.1, 0.15) is 44.7 Å². The number of benzene rings is 1. The summed E-state index contributed by atoms with van der Waals surface area (Å²) in [6.07, 6.45) is 4.81. The van der Waals surface area contributed by atoms with Crippen LogP contribution < -0.4 is 10.1 Å². The smallest absolute Gasteiger partial charge is 0.254 e. The topological polar surface area (TPSA) is 72.3 Å². The highest BCUT2D eigenvalue weighted by Crippen LogP contribution is 2.39. The fourth-order valence-electron chi connectivity index (χ4n) is 3.92. The standard InChI is InChI=1S/C20H25N5O2/c1-3-27-16-10-6-5-9-15(16)18-17(19(26)24-11-7-4-8-12-24)14(2)23-20-21-13-22-25(18)20/h5-6,9-10,13,18H,3-4,7-8,11-12H2,1-2H3,(H,21,22,23)/t18-/m0/s1. The van der Waals surface area contributed by atoms with Gasteiger partial charge in [-0.3, -0.25) is 4.79 Å². The molecule has 0 aliphatic carbocycles. The minimum Gasteiger partial charge on any atom is -0.494 e. The first-order valence-electron chi connectivity index (χ1n) is 9.59. The molecule has 2 aliphatic rings. The van der Waals surface area contributed by atoms with Crippen molar-refractivity contribution in [3.05, 3.63) is 47.4 Å². The number of amides is 1. The summed E-state index contributed by atoms with van der Waals surface area (Å²) in [7, 11) is 0. The van der Waals surface area contributed by atoms with Gasteiger partial charge in [-0.05, 0) is 39.2 Å². The van der Waals surface area contributed by atoms with Crippen molar-refractivity contribution in [2.75, 3.05) is 25.0 Å². The molecule has 1 fully saturated rings. The van der Waals surface area contributed by atoms with Crippen LogP contribution in [-0.4, -0.2) is 45.3 Å². The molecule has 1 aromatic carbocycles. The summed E-state index contributed by atoms with van der Waals surface area (Å²) < 4.78 is 7.64. The monoisotopic (exact) mass is 367 g/mol. The van der Waals surface area contributed by atoms with Gasteiger partial charge >= 0.3 is 0 Å². The number of carbonyl (C=O) groups excluding carboxylic acids is 1. The van der Waals surface area contributed by atoms with Gasteiger partial charge in [0.15, 0.2) is 0 Å². The van der Waals surface area contributed by atoms with Crippen molar-refractivity contribution >= 4 is 11.9 Å². The van der Waals surface area contributed by atoms with Crippen molar-refractivity contribution in [1.82, 2.24) is 19.7 Å². The molecular weight excluding hydrogens is 342 g/mol. The van der Waals surface area contributed by atoms with Gasteiger partial charge in [0.2, 0.25) is 5.95 Å². The van der Waals surface area contributed by atoms with Gasteiger partial charge in [-0.25, -0.2) is 4.68 Å². The predicted octanol–water partition coefficient (Wildman–Crippen LogP) is 2.98. The normalized spacial score (nSPS) is 19.5. The van der Waals surface area contributed by atoms with E-state index in [2.05, 4.69) is 15.4 Å². The molecule has 1 aromatic heterocycles. The lowest BCUT2D eigenvalue weighted by Gasteiger charge is -2.34. The lowest BCUT2D eigenvalue weighted by Crippen LogP contribution is -2.41. The number of hydrogen-bond acceptors (Lipinski definition) is 5. The van der Waals surface area contributed by atoms with Crippen LogP contribution in [0.2, 0.25) is 0 Å². The minimum atomic E-state index is -0.360. The third-order valence-electron chi connectivity index (χ3n) is 5.18. The Kier molecular flexibility index (Phi) is 4.83. The first kappa shape index (κ1) is 17.6. The van der Waals surface area contributed by atoms with Gasteiger partial charge in [0.25, 0.3) is 5.91 Å². The Morgan fingerprint density at radius 1 is 1.26 bits per heavy atom. The Labute approximate surface area is 159 Å². The number of carbonyl (C=O) groups is 1. The second kappa shape index (κ2) is 7.42. The summed E-state index contributed by atoms with van der Waals surface area (Å²) in [5.41, 5.74) is 2.46. The molecule has 7 heteroatoms. The van der Waals surface area contributed by atoms with E-state index in [4.69, 9.17) is 4.74 Å². The van der Waals surface area contributed by atoms with Gasteiger partial charge in [-0.15, -0.1) is 0 Å². The molecule has 142 valence electrons. The Morgan fingerprint density at radius 3 is 2.81 bits per heavy atom. The number of nitrogens with one attached hydrogen (secondary N) is 1. The summed E-state index contributed by atoms with van der Waals surface area (Å²) in [5, 5.41) is 7.65. The van der Waals surface area contributed by atoms with Gasteiger partial charge in [0.1, 0.15) is 18.1 Å². The van der Waals surface area contributed by atoms with E-state index in [9.17, 15) is 4.79 Å². The summed E-state index contributed by atoms with van der Waals surface area (Å²) in [6.45, 7) is 6.07. The number of allylic oxidation sites excluding steroid dienone is 1. The molecule has 0 unspecified atom stereocenters. The van der Waals surface area contributed by atoms with E-state index in [-0.39, 0.29) is 11.9 Å². The molecule has 1 atom stereocenters. The molecule has 1 amide bonds. The summed E-state index contributed by atoms with van der Waals surface area (Å²) >= 11 is 0. The predicted molar refractivity (Wildman–Crippen MR) is 103 cm³/mol. The number of aromatic nitrogens is 3. The van der Waals surface area contributed by atoms with Crippen molar-refractivity contribution in [2.24, 2.45) is 0 Å². The maximum atomic E-state index is 13.5. The van der Waals surface area contributed by atoms with Gasteiger partial charge in [-0.1, -0.05) is 18.2 Å². The average molecular weight is 367 g/mol. The average Bonchev–Trinajstić information content (AvgIpc) is 3.16. The summed E-state index contributed by atoms with van der Waals surface area (Å²) in [4.78, 5) is 19.7. The molecule has 1 N–H and O–H groups in total. The molecule has 0 spiro atoms. The molecule has 7 nitrogen and oxygen atoms in total. The number of likely N-dealkylation sites (tertiary alicyclic amines) is 1.